The first-order valence-electron chi connectivity index (χ1n) is 10.4. The first-order valence-corrected chi connectivity index (χ1v) is 11.0. The minimum Gasteiger partial charge on any atom is -0.480 e. The van der Waals surface area contributed by atoms with Gasteiger partial charge in [-0.25, -0.2) is 9.78 Å². The van der Waals surface area contributed by atoms with Gasteiger partial charge in [0.2, 0.25) is 23.6 Å². The first kappa shape index (κ1) is 26.1. The molecule has 13 nitrogen and oxygen atoms in total. The number of carboxylic acids is 1. The zero-order valence-electron chi connectivity index (χ0n) is 17.9. The number of nitrogens with zero attached hydrogens (tertiary/aromatic N) is 2. The Kier molecular flexibility index (Phi) is 9.66. The van der Waals surface area contributed by atoms with E-state index in [9.17, 15) is 29.1 Å². The molecule has 8 N–H and O–H groups in total. The molecule has 2 heterocycles. The molecule has 1 aliphatic heterocycles. The van der Waals surface area contributed by atoms with Gasteiger partial charge in [-0.05, 0) is 19.3 Å². The number of aromatic nitrogens is 2. The molecule has 14 heteroatoms. The Balaban J connectivity index is 2.00. The predicted molar refractivity (Wildman–Crippen MR) is 119 cm³/mol. The highest BCUT2D eigenvalue weighted by Crippen LogP contribution is 2.19. The summed E-state index contributed by atoms with van der Waals surface area (Å²) >= 11 is 4.15. The number of amides is 4. The molecule has 33 heavy (non-hydrogen) atoms. The van der Waals surface area contributed by atoms with Gasteiger partial charge < -0.3 is 37.1 Å². The third kappa shape index (κ3) is 7.46. The van der Waals surface area contributed by atoms with Crippen LogP contribution < -0.4 is 22.1 Å². The molecule has 0 saturated carbocycles. The van der Waals surface area contributed by atoms with E-state index in [4.69, 9.17) is 11.5 Å². The molecule has 182 valence electrons. The number of carboxylic acid groups (broad SMARTS) is 1. The number of nitrogens with two attached hydrogens (primary N) is 2. The van der Waals surface area contributed by atoms with E-state index >= 15 is 0 Å². The Hall–Kier alpha value is -3.13. The lowest BCUT2D eigenvalue weighted by Crippen LogP contribution is -2.57. The van der Waals surface area contributed by atoms with Crippen molar-refractivity contribution in [3.63, 3.8) is 0 Å². The van der Waals surface area contributed by atoms with Crippen LogP contribution in [-0.4, -0.2) is 86.0 Å². The molecule has 0 spiro atoms. The second-order valence-electron chi connectivity index (χ2n) is 7.73. The van der Waals surface area contributed by atoms with Gasteiger partial charge in [0.25, 0.3) is 0 Å². The zero-order valence-corrected chi connectivity index (χ0v) is 18.8. The molecule has 0 aliphatic carbocycles. The summed E-state index contributed by atoms with van der Waals surface area (Å²) in [4.78, 5) is 68.6. The third-order valence-electron chi connectivity index (χ3n) is 5.26. The van der Waals surface area contributed by atoms with Crippen LogP contribution in [0.4, 0.5) is 0 Å². The highest BCUT2D eigenvalue weighted by molar-refractivity contribution is 7.80. The topological polar surface area (TPSA) is 214 Å². The minimum absolute atomic E-state index is 0.0252. The summed E-state index contributed by atoms with van der Waals surface area (Å²) in [7, 11) is 0. The maximum absolute atomic E-state index is 13.0. The molecule has 4 unspecified atom stereocenters. The summed E-state index contributed by atoms with van der Waals surface area (Å²) in [5.41, 5.74) is 11.6. The van der Waals surface area contributed by atoms with Gasteiger partial charge >= 0.3 is 5.97 Å². The van der Waals surface area contributed by atoms with Crippen molar-refractivity contribution in [2.45, 2.75) is 56.3 Å². The standard InChI is InChI=1S/C19H29N7O6S/c20-11(6-10-7-22-9-23-10)16(28)25-13(8-33)18(30)26-5-1-2-14(26)17(29)24-12(19(31)32)3-4-15(21)27/h7,9,11-14,33H,1-6,8,20H2,(H2,21,27)(H,22,23)(H,24,29)(H,25,28)(H,31,32). The monoisotopic (exact) mass is 483 g/mol. The summed E-state index contributed by atoms with van der Waals surface area (Å²) in [5, 5.41) is 14.2. The van der Waals surface area contributed by atoms with Crippen molar-refractivity contribution in [1.29, 1.82) is 0 Å². The Morgan fingerprint density at radius 2 is 2.00 bits per heavy atom. The largest absolute Gasteiger partial charge is 0.480 e. The van der Waals surface area contributed by atoms with Crippen molar-refractivity contribution in [3.8, 4) is 0 Å². The smallest absolute Gasteiger partial charge is 0.326 e. The van der Waals surface area contributed by atoms with Crippen molar-refractivity contribution in [2.75, 3.05) is 12.3 Å². The molecule has 2 rings (SSSR count). The molecule has 0 bridgehead atoms. The fourth-order valence-electron chi connectivity index (χ4n) is 3.51. The lowest BCUT2D eigenvalue weighted by atomic mass is 10.1. The predicted octanol–water partition coefficient (Wildman–Crippen LogP) is -2.48. The minimum atomic E-state index is -1.32. The van der Waals surface area contributed by atoms with Gasteiger partial charge in [0, 0.05) is 37.0 Å². The maximum atomic E-state index is 13.0. The van der Waals surface area contributed by atoms with Crippen LogP contribution in [0.1, 0.15) is 31.4 Å². The van der Waals surface area contributed by atoms with E-state index in [1.807, 2.05) is 0 Å². The SMILES string of the molecule is NC(=O)CCC(NC(=O)C1CCCN1C(=O)C(CS)NC(=O)C(N)Cc1cnc[nH]1)C(=O)O. The summed E-state index contributed by atoms with van der Waals surface area (Å²) in [6.07, 6.45) is 3.66. The van der Waals surface area contributed by atoms with Crippen LogP contribution in [0.2, 0.25) is 0 Å². The molecule has 1 fully saturated rings. The van der Waals surface area contributed by atoms with E-state index in [-0.39, 0.29) is 31.6 Å². The number of carbonyl (C=O) groups excluding carboxylic acids is 4. The Morgan fingerprint density at radius 1 is 1.27 bits per heavy atom. The number of primary amides is 1. The van der Waals surface area contributed by atoms with Gasteiger partial charge in [-0.15, -0.1) is 0 Å². The number of aromatic amines is 1. The third-order valence-corrected chi connectivity index (χ3v) is 5.63. The van der Waals surface area contributed by atoms with E-state index in [0.717, 1.165) is 0 Å². The number of rotatable bonds is 12. The van der Waals surface area contributed by atoms with Crippen LogP contribution in [0, 0.1) is 0 Å². The lowest BCUT2D eigenvalue weighted by Gasteiger charge is -2.29. The number of thiol groups is 1. The molecular weight excluding hydrogens is 454 g/mol. The van der Waals surface area contributed by atoms with Gasteiger partial charge in [0.15, 0.2) is 0 Å². The fourth-order valence-corrected chi connectivity index (χ4v) is 3.75. The van der Waals surface area contributed by atoms with E-state index in [0.29, 0.717) is 18.5 Å². The summed E-state index contributed by atoms with van der Waals surface area (Å²) in [6, 6.07) is -4.18. The molecular formula is C19H29N7O6S. The average molecular weight is 484 g/mol. The van der Waals surface area contributed by atoms with Gasteiger partial charge in [0.1, 0.15) is 18.1 Å². The van der Waals surface area contributed by atoms with Crippen molar-refractivity contribution < 1.29 is 29.1 Å². The zero-order chi connectivity index (χ0) is 24.5. The summed E-state index contributed by atoms with van der Waals surface area (Å²) in [5.74, 6) is -3.76. The second kappa shape index (κ2) is 12.2. The number of aliphatic carboxylic acids is 1. The Bertz CT molecular complexity index is 865. The quantitative estimate of drug-likeness (QED) is 0.158. The number of likely N-dealkylation sites (tertiary alicyclic amines) is 1. The van der Waals surface area contributed by atoms with Crippen molar-refractivity contribution in [1.82, 2.24) is 25.5 Å². The molecule has 0 radical (unpaired) electrons. The van der Waals surface area contributed by atoms with Crippen molar-refractivity contribution in [3.05, 3.63) is 18.2 Å². The summed E-state index contributed by atoms with van der Waals surface area (Å²) < 4.78 is 0. The van der Waals surface area contributed by atoms with Crippen LogP contribution in [0.15, 0.2) is 12.5 Å². The molecule has 1 saturated heterocycles. The number of H-pyrrole nitrogens is 1. The average Bonchev–Trinajstić information content (AvgIpc) is 3.45. The molecule has 4 amide bonds. The highest BCUT2D eigenvalue weighted by atomic mass is 32.1. The van der Waals surface area contributed by atoms with Gasteiger partial charge in [-0.2, -0.15) is 12.6 Å². The van der Waals surface area contributed by atoms with E-state index in [2.05, 4.69) is 33.2 Å². The van der Waals surface area contributed by atoms with E-state index < -0.39 is 53.8 Å². The maximum Gasteiger partial charge on any atom is 0.326 e. The summed E-state index contributed by atoms with van der Waals surface area (Å²) in [6.45, 7) is 0.260. The fraction of sp³-hybridized carbons (Fsp3) is 0.579. The number of nitrogens with one attached hydrogen (secondary N) is 3. The number of hydrogen-bond acceptors (Lipinski definition) is 8. The van der Waals surface area contributed by atoms with Gasteiger partial charge in [-0.3, -0.25) is 19.2 Å². The molecule has 1 aliphatic rings. The lowest BCUT2D eigenvalue weighted by molar-refractivity contribution is -0.145. The highest BCUT2D eigenvalue weighted by Gasteiger charge is 2.38. The van der Waals surface area contributed by atoms with E-state index in [1.165, 1.54) is 17.4 Å². The van der Waals surface area contributed by atoms with Crippen molar-refractivity contribution in [2.24, 2.45) is 11.5 Å². The van der Waals surface area contributed by atoms with Crippen LogP contribution >= 0.6 is 12.6 Å². The number of hydrogen-bond donors (Lipinski definition) is 7. The van der Waals surface area contributed by atoms with Gasteiger partial charge in [0.05, 0.1) is 12.4 Å². The first-order chi connectivity index (χ1) is 15.6. The Morgan fingerprint density at radius 3 is 2.58 bits per heavy atom. The molecule has 1 aromatic rings. The van der Waals surface area contributed by atoms with Crippen LogP contribution in [0.25, 0.3) is 0 Å². The van der Waals surface area contributed by atoms with Gasteiger partial charge in [-0.1, -0.05) is 0 Å². The molecule has 4 atom stereocenters. The molecule has 1 aromatic heterocycles. The van der Waals surface area contributed by atoms with E-state index in [1.54, 1.807) is 0 Å². The molecule has 0 aromatic carbocycles. The number of imidazole rings is 1. The van der Waals surface area contributed by atoms with Crippen LogP contribution in [-0.2, 0) is 30.4 Å². The normalized spacial score (nSPS) is 18.2. The second-order valence-corrected chi connectivity index (χ2v) is 8.09. The van der Waals surface area contributed by atoms with Crippen LogP contribution in [0.3, 0.4) is 0 Å². The number of carbonyl (C=O) groups is 5. The Labute approximate surface area is 195 Å². The van der Waals surface area contributed by atoms with Crippen molar-refractivity contribution >= 4 is 42.2 Å². The van der Waals surface area contributed by atoms with Crippen LogP contribution in [0.5, 0.6) is 0 Å².